The largest absolute Gasteiger partial charge is 0.478 e. The van der Waals surface area contributed by atoms with Gasteiger partial charge in [0.15, 0.2) is 0 Å². The van der Waals surface area contributed by atoms with Gasteiger partial charge in [0.1, 0.15) is 0 Å². The average molecular weight is 236 g/mol. The highest BCUT2D eigenvalue weighted by molar-refractivity contribution is 5.94. The summed E-state index contributed by atoms with van der Waals surface area (Å²) in [4.78, 5) is 21.1. The number of nitrogens with zero attached hydrogens (tertiary/aromatic N) is 1. The van der Waals surface area contributed by atoms with Gasteiger partial charge >= 0.3 is 5.97 Å². The van der Waals surface area contributed by atoms with Gasteiger partial charge in [-0.2, -0.15) is 0 Å². The molecule has 90 valence electrons. The number of non-ortho nitro benzene ring substituents is 1. The minimum Gasteiger partial charge on any atom is -0.478 e. The smallest absolute Gasteiger partial charge is 0.337 e. The van der Waals surface area contributed by atoms with Crippen LogP contribution < -0.4 is 5.32 Å². The van der Waals surface area contributed by atoms with E-state index in [-0.39, 0.29) is 17.3 Å². The number of nitro groups is 1. The molecule has 1 aliphatic rings. The second-order valence-electron chi connectivity index (χ2n) is 4.26. The third-order valence-electron chi connectivity index (χ3n) is 2.89. The van der Waals surface area contributed by atoms with E-state index in [1.54, 1.807) is 0 Å². The Bertz CT molecular complexity index is 486. The van der Waals surface area contributed by atoms with Crippen LogP contribution in [0.4, 0.5) is 11.4 Å². The fourth-order valence-electron chi connectivity index (χ4n) is 1.67. The Morgan fingerprint density at radius 1 is 1.59 bits per heavy atom. The van der Waals surface area contributed by atoms with E-state index in [9.17, 15) is 14.9 Å². The molecular weight excluding hydrogens is 224 g/mol. The van der Waals surface area contributed by atoms with Crippen LogP contribution in [0.25, 0.3) is 0 Å². The summed E-state index contributed by atoms with van der Waals surface area (Å²) in [6.45, 7) is 2.04. The molecule has 0 aromatic heterocycles. The molecule has 0 spiro atoms. The van der Waals surface area contributed by atoms with E-state index in [1.807, 2.05) is 6.92 Å². The Kier molecular flexibility index (Phi) is 2.71. The fourth-order valence-corrected chi connectivity index (χ4v) is 1.67. The molecule has 1 saturated carbocycles. The number of carboxylic acid groups (broad SMARTS) is 1. The van der Waals surface area contributed by atoms with Crippen LogP contribution in [0, 0.1) is 16.0 Å². The van der Waals surface area contributed by atoms with Crippen molar-refractivity contribution >= 4 is 17.3 Å². The van der Waals surface area contributed by atoms with Crippen LogP contribution >= 0.6 is 0 Å². The van der Waals surface area contributed by atoms with E-state index in [1.165, 1.54) is 18.2 Å². The van der Waals surface area contributed by atoms with Gasteiger partial charge in [0.2, 0.25) is 0 Å². The van der Waals surface area contributed by atoms with Crippen molar-refractivity contribution in [2.75, 3.05) is 5.32 Å². The number of nitrogens with one attached hydrogen (secondary N) is 1. The summed E-state index contributed by atoms with van der Waals surface area (Å²) in [5, 5.41) is 22.6. The highest BCUT2D eigenvalue weighted by Crippen LogP contribution is 2.34. The van der Waals surface area contributed by atoms with Crippen LogP contribution in [-0.4, -0.2) is 22.0 Å². The van der Waals surface area contributed by atoms with E-state index in [2.05, 4.69) is 5.32 Å². The van der Waals surface area contributed by atoms with E-state index in [0.717, 1.165) is 6.42 Å². The molecule has 6 heteroatoms. The first-order valence-corrected chi connectivity index (χ1v) is 5.27. The molecule has 6 nitrogen and oxygen atoms in total. The second kappa shape index (κ2) is 4.04. The quantitative estimate of drug-likeness (QED) is 0.617. The number of hydrogen-bond acceptors (Lipinski definition) is 4. The van der Waals surface area contributed by atoms with E-state index in [0.29, 0.717) is 11.6 Å². The molecule has 1 fully saturated rings. The summed E-state index contributed by atoms with van der Waals surface area (Å²) in [7, 11) is 0. The number of carboxylic acids is 1. The third-order valence-corrected chi connectivity index (χ3v) is 2.89. The standard InChI is InChI=1S/C11H12N2O4/c1-6-4-9(6)12-10-5-7(13(16)17)2-3-8(10)11(14)15/h2-3,5-6,9,12H,4H2,1H3,(H,14,15). The monoisotopic (exact) mass is 236 g/mol. The molecule has 1 aromatic carbocycles. The van der Waals surface area contributed by atoms with Crippen LogP contribution in [0.3, 0.4) is 0 Å². The topological polar surface area (TPSA) is 92.5 Å². The summed E-state index contributed by atoms with van der Waals surface area (Å²) in [5.74, 6) is -0.605. The number of nitro benzene ring substituents is 1. The number of aromatic carboxylic acids is 1. The van der Waals surface area contributed by atoms with Gasteiger partial charge in [0, 0.05) is 18.2 Å². The number of anilines is 1. The van der Waals surface area contributed by atoms with Crippen molar-refractivity contribution in [1.82, 2.24) is 0 Å². The van der Waals surface area contributed by atoms with Crippen molar-refractivity contribution < 1.29 is 14.8 Å². The highest BCUT2D eigenvalue weighted by atomic mass is 16.6. The molecule has 0 heterocycles. The van der Waals surface area contributed by atoms with Crippen LogP contribution in [0.5, 0.6) is 0 Å². The number of hydrogen-bond donors (Lipinski definition) is 2. The Hall–Kier alpha value is -2.11. The normalized spacial score (nSPS) is 21.9. The van der Waals surface area contributed by atoms with Gasteiger partial charge in [-0.25, -0.2) is 4.79 Å². The van der Waals surface area contributed by atoms with Gasteiger partial charge in [-0.3, -0.25) is 10.1 Å². The average Bonchev–Trinajstić information content (AvgIpc) is 2.93. The predicted molar refractivity (Wildman–Crippen MR) is 61.2 cm³/mol. The van der Waals surface area contributed by atoms with Crippen molar-refractivity contribution in [3.63, 3.8) is 0 Å². The van der Waals surface area contributed by atoms with Gasteiger partial charge < -0.3 is 10.4 Å². The number of carbonyl (C=O) groups is 1. The van der Waals surface area contributed by atoms with E-state index < -0.39 is 10.9 Å². The molecule has 0 radical (unpaired) electrons. The molecule has 2 unspecified atom stereocenters. The van der Waals surface area contributed by atoms with Crippen LogP contribution in [0.2, 0.25) is 0 Å². The van der Waals surface area contributed by atoms with Gasteiger partial charge in [-0.15, -0.1) is 0 Å². The summed E-state index contributed by atoms with van der Waals surface area (Å²) < 4.78 is 0. The molecule has 17 heavy (non-hydrogen) atoms. The number of benzene rings is 1. The van der Waals surface area contributed by atoms with Crippen LogP contribution in [0.1, 0.15) is 23.7 Å². The van der Waals surface area contributed by atoms with Crippen molar-refractivity contribution in [3.8, 4) is 0 Å². The first kappa shape index (κ1) is 11.4. The maximum atomic E-state index is 11.0. The third kappa shape index (κ3) is 2.35. The van der Waals surface area contributed by atoms with Crippen LogP contribution in [0.15, 0.2) is 18.2 Å². The lowest BCUT2D eigenvalue weighted by molar-refractivity contribution is -0.384. The Morgan fingerprint density at radius 2 is 2.24 bits per heavy atom. The van der Waals surface area contributed by atoms with Gasteiger partial charge in [-0.05, 0) is 18.4 Å². The highest BCUT2D eigenvalue weighted by Gasteiger charge is 2.33. The Morgan fingerprint density at radius 3 is 2.71 bits per heavy atom. The molecule has 0 bridgehead atoms. The minimum atomic E-state index is -1.09. The molecule has 1 aliphatic carbocycles. The summed E-state index contributed by atoms with van der Waals surface area (Å²) in [6.07, 6.45) is 0.960. The zero-order chi connectivity index (χ0) is 12.6. The fraction of sp³-hybridized carbons (Fsp3) is 0.364. The van der Waals surface area contributed by atoms with Crippen LogP contribution in [-0.2, 0) is 0 Å². The maximum absolute atomic E-state index is 11.0. The second-order valence-corrected chi connectivity index (χ2v) is 4.26. The minimum absolute atomic E-state index is 0.0645. The van der Waals surface area contributed by atoms with Crippen molar-refractivity contribution in [2.24, 2.45) is 5.92 Å². The molecular formula is C11H12N2O4. The van der Waals surface area contributed by atoms with Gasteiger partial charge in [0.25, 0.3) is 5.69 Å². The summed E-state index contributed by atoms with van der Waals surface area (Å²) in [5.41, 5.74) is 0.279. The molecule has 0 saturated heterocycles. The SMILES string of the molecule is CC1CC1Nc1cc([N+](=O)[O-])ccc1C(=O)O. The molecule has 2 rings (SSSR count). The Balaban J connectivity index is 2.33. The molecule has 0 amide bonds. The molecule has 1 aromatic rings. The zero-order valence-electron chi connectivity index (χ0n) is 9.21. The maximum Gasteiger partial charge on any atom is 0.337 e. The lowest BCUT2D eigenvalue weighted by Crippen LogP contribution is -2.09. The zero-order valence-corrected chi connectivity index (χ0v) is 9.21. The van der Waals surface area contributed by atoms with Crippen molar-refractivity contribution in [3.05, 3.63) is 33.9 Å². The summed E-state index contributed by atoms with van der Waals surface area (Å²) >= 11 is 0. The van der Waals surface area contributed by atoms with Gasteiger partial charge in [-0.1, -0.05) is 6.92 Å². The van der Waals surface area contributed by atoms with Crippen molar-refractivity contribution in [2.45, 2.75) is 19.4 Å². The molecule has 0 aliphatic heterocycles. The lowest BCUT2D eigenvalue weighted by Gasteiger charge is -2.08. The number of rotatable bonds is 4. The van der Waals surface area contributed by atoms with Gasteiger partial charge in [0.05, 0.1) is 16.2 Å². The predicted octanol–water partition coefficient (Wildman–Crippen LogP) is 2.11. The lowest BCUT2D eigenvalue weighted by atomic mass is 10.1. The summed E-state index contributed by atoms with van der Waals surface area (Å²) in [6, 6.07) is 3.95. The molecule has 2 N–H and O–H groups in total. The van der Waals surface area contributed by atoms with Crippen molar-refractivity contribution in [1.29, 1.82) is 0 Å². The molecule has 2 atom stereocenters. The first-order valence-electron chi connectivity index (χ1n) is 5.27. The first-order chi connectivity index (χ1) is 7.99. The van der Waals surface area contributed by atoms with E-state index in [4.69, 9.17) is 5.11 Å². The van der Waals surface area contributed by atoms with E-state index >= 15 is 0 Å². The Labute approximate surface area is 97.4 Å².